The number of nitrogens with one attached hydrogen (secondary N) is 1. The summed E-state index contributed by atoms with van der Waals surface area (Å²) in [5.74, 6) is -2.31. The average Bonchev–Trinajstić information content (AvgIpc) is 2.68. The van der Waals surface area contributed by atoms with Crippen molar-refractivity contribution in [2.24, 2.45) is 5.73 Å². The number of alkyl halides is 3. The fourth-order valence-corrected chi connectivity index (χ4v) is 2.33. The summed E-state index contributed by atoms with van der Waals surface area (Å²) in [6, 6.07) is 7.24. The van der Waals surface area contributed by atoms with E-state index in [9.17, 15) is 17.6 Å². The molecule has 0 bridgehead atoms. The van der Waals surface area contributed by atoms with Crippen molar-refractivity contribution < 1.29 is 27.0 Å². The first kappa shape index (κ1) is 23.2. The van der Waals surface area contributed by atoms with E-state index in [4.69, 9.17) is 39.1 Å². The van der Waals surface area contributed by atoms with Crippen LogP contribution in [-0.2, 0) is 0 Å². The molecule has 0 aliphatic carbocycles. The van der Waals surface area contributed by atoms with Crippen LogP contribution in [0.4, 0.5) is 17.6 Å². The van der Waals surface area contributed by atoms with E-state index in [2.05, 4.69) is 14.7 Å². The highest BCUT2D eigenvalue weighted by Crippen LogP contribution is 2.36. The summed E-state index contributed by atoms with van der Waals surface area (Å²) in [6.07, 6.45) is 0.0526. The number of aromatic nitrogens is 2. The lowest BCUT2D eigenvalue weighted by Crippen LogP contribution is -2.17. The maximum Gasteiger partial charge on any atom is 0.573 e. The molecule has 0 atom stereocenters. The molecule has 158 valence electrons. The van der Waals surface area contributed by atoms with Crippen LogP contribution in [0.2, 0.25) is 10.0 Å². The molecule has 0 aliphatic heterocycles. The SMILES string of the molecule is N=C(N)c1c(Oc2ccc(OC(F)(F)F)cc2)cc(Cl)c(Cl)c1F.c1cncnc1. The van der Waals surface area contributed by atoms with Crippen LogP contribution >= 0.6 is 23.2 Å². The van der Waals surface area contributed by atoms with Crippen molar-refractivity contribution >= 4 is 29.0 Å². The van der Waals surface area contributed by atoms with Gasteiger partial charge in [0.15, 0.2) is 5.82 Å². The second-order valence-electron chi connectivity index (χ2n) is 5.30. The average molecular weight is 463 g/mol. The largest absolute Gasteiger partial charge is 0.573 e. The van der Waals surface area contributed by atoms with Gasteiger partial charge in [-0.25, -0.2) is 14.4 Å². The van der Waals surface area contributed by atoms with Crippen LogP contribution in [0, 0.1) is 11.2 Å². The van der Waals surface area contributed by atoms with Crippen molar-refractivity contribution in [1.29, 1.82) is 5.41 Å². The van der Waals surface area contributed by atoms with Crippen LogP contribution in [0.1, 0.15) is 5.56 Å². The maximum absolute atomic E-state index is 14.1. The van der Waals surface area contributed by atoms with Gasteiger partial charge in [0.05, 0.1) is 15.6 Å². The lowest BCUT2D eigenvalue weighted by atomic mass is 10.1. The second-order valence-corrected chi connectivity index (χ2v) is 6.08. The predicted octanol–water partition coefficient (Wildman–Crippen LogP) is 5.58. The molecule has 0 unspecified atom stereocenters. The fraction of sp³-hybridized carbons (Fsp3) is 0.0556. The van der Waals surface area contributed by atoms with Crippen LogP contribution in [-0.4, -0.2) is 22.2 Å². The van der Waals surface area contributed by atoms with E-state index in [1.807, 2.05) is 0 Å². The van der Waals surface area contributed by atoms with Gasteiger partial charge in [-0.15, -0.1) is 13.2 Å². The zero-order chi connectivity index (χ0) is 22.3. The number of benzene rings is 2. The van der Waals surface area contributed by atoms with E-state index >= 15 is 0 Å². The zero-order valence-electron chi connectivity index (χ0n) is 14.8. The molecular weight excluding hydrogens is 451 g/mol. The number of halogens is 6. The van der Waals surface area contributed by atoms with Crippen molar-refractivity contribution in [3.05, 3.63) is 76.5 Å². The Bertz CT molecular complexity index is 977. The number of nitrogens with two attached hydrogens (primary N) is 1. The van der Waals surface area contributed by atoms with E-state index < -0.39 is 34.4 Å². The Labute approximate surface area is 177 Å². The molecule has 0 saturated carbocycles. The summed E-state index contributed by atoms with van der Waals surface area (Å²) in [7, 11) is 0. The van der Waals surface area contributed by atoms with Crippen molar-refractivity contribution in [2.45, 2.75) is 6.36 Å². The molecule has 3 aromatic rings. The Balaban J connectivity index is 0.000000456. The summed E-state index contributed by atoms with van der Waals surface area (Å²) in [6.45, 7) is 0. The smallest absolute Gasteiger partial charge is 0.456 e. The molecule has 1 aromatic heterocycles. The highest BCUT2D eigenvalue weighted by molar-refractivity contribution is 6.42. The lowest BCUT2D eigenvalue weighted by Gasteiger charge is -2.14. The third-order valence-corrected chi connectivity index (χ3v) is 3.92. The third-order valence-electron chi connectivity index (χ3n) is 3.16. The van der Waals surface area contributed by atoms with Crippen molar-refractivity contribution in [2.75, 3.05) is 0 Å². The van der Waals surface area contributed by atoms with Gasteiger partial charge >= 0.3 is 6.36 Å². The Kier molecular flexibility index (Phi) is 7.79. The van der Waals surface area contributed by atoms with Gasteiger partial charge in [0.1, 0.15) is 29.4 Å². The topological polar surface area (TPSA) is 94.1 Å². The zero-order valence-corrected chi connectivity index (χ0v) is 16.3. The number of amidine groups is 1. The summed E-state index contributed by atoms with van der Waals surface area (Å²) in [4.78, 5) is 7.35. The van der Waals surface area contributed by atoms with Gasteiger partial charge in [0, 0.05) is 18.5 Å². The number of nitrogens with zero attached hydrogens (tertiary/aromatic N) is 2. The van der Waals surface area contributed by atoms with Crippen LogP contribution in [0.5, 0.6) is 17.2 Å². The Morgan fingerprint density at radius 3 is 2.03 bits per heavy atom. The normalized spacial score (nSPS) is 10.6. The number of rotatable bonds is 4. The molecule has 0 saturated heterocycles. The quantitative estimate of drug-likeness (QED) is 0.228. The van der Waals surface area contributed by atoms with E-state index in [-0.39, 0.29) is 16.5 Å². The van der Waals surface area contributed by atoms with Crippen LogP contribution in [0.25, 0.3) is 0 Å². The van der Waals surface area contributed by atoms with Gasteiger partial charge in [0.25, 0.3) is 0 Å². The molecule has 0 radical (unpaired) electrons. The van der Waals surface area contributed by atoms with Crippen LogP contribution in [0.3, 0.4) is 0 Å². The highest BCUT2D eigenvalue weighted by Gasteiger charge is 2.31. The van der Waals surface area contributed by atoms with Crippen LogP contribution < -0.4 is 15.2 Å². The van der Waals surface area contributed by atoms with E-state index in [0.29, 0.717) is 0 Å². The highest BCUT2D eigenvalue weighted by atomic mass is 35.5. The Morgan fingerprint density at radius 1 is 1.03 bits per heavy atom. The first-order valence-electron chi connectivity index (χ1n) is 7.84. The van der Waals surface area contributed by atoms with Gasteiger partial charge in [-0.2, -0.15) is 0 Å². The molecule has 1 heterocycles. The molecular formula is C18H12Cl2F4N4O2. The molecule has 0 spiro atoms. The molecule has 6 nitrogen and oxygen atoms in total. The molecule has 3 N–H and O–H groups in total. The summed E-state index contributed by atoms with van der Waals surface area (Å²) in [5, 5.41) is 6.79. The molecule has 30 heavy (non-hydrogen) atoms. The summed E-state index contributed by atoms with van der Waals surface area (Å²) < 4.78 is 59.4. The Morgan fingerprint density at radius 2 is 1.60 bits per heavy atom. The summed E-state index contributed by atoms with van der Waals surface area (Å²) >= 11 is 11.4. The van der Waals surface area contributed by atoms with Gasteiger partial charge in [-0.3, -0.25) is 5.41 Å². The monoisotopic (exact) mass is 462 g/mol. The molecule has 2 aromatic carbocycles. The van der Waals surface area contributed by atoms with Gasteiger partial charge in [-0.05, 0) is 30.3 Å². The standard InChI is InChI=1S/C14H8Cl2F4N2O2.C4H4N2/c15-8-5-9(10(13(21)22)12(17)11(8)16)23-6-1-3-7(4-2-6)24-14(18,19)20;1-2-5-4-6-3-1/h1-5H,(H3,21,22);1-4H. The van der Waals surface area contributed by atoms with E-state index in [1.54, 1.807) is 18.5 Å². The minimum atomic E-state index is -4.82. The number of hydrogen-bond donors (Lipinski definition) is 2. The number of nitrogen functional groups attached to an aromatic ring is 1. The molecule has 0 aliphatic rings. The first-order chi connectivity index (χ1) is 14.1. The molecule has 3 rings (SSSR count). The van der Waals surface area contributed by atoms with E-state index in [1.165, 1.54) is 6.33 Å². The summed E-state index contributed by atoms with van der Waals surface area (Å²) in [5.41, 5.74) is 4.88. The second kappa shape index (κ2) is 10.1. The van der Waals surface area contributed by atoms with Gasteiger partial charge in [0.2, 0.25) is 0 Å². The maximum atomic E-state index is 14.1. The first-order valence-corrected chi connectivity index (χ1v) is 8.59. The third kappa shape index (κ3) is 6.75. The van der Waals surface area contributed by atoms with E-state index in [0.717, 1.165) is 30.3 Å². The number of hydrogen-bond acceptors (Lipinski definition) is 5. The number of ether oxygens (including phenoxy) is 2. The Hall–Kier alpha value is -3.11. The van der Waals surface area contributed by atoms with Crippen molar-refractivity contribution in [3.63, 3.8) is 0 Å². The molecule has 12 heteroatoms. The molecule has 0 fully saturated rings. The van der Waals surface area contributed by atoms with Crippen molar-refractivity contribution in [1.82, 2.24) is 9.97 Å². The van der Waals surface area contributed by atoms with Gasteiger partial charge in [-0.1, -0.05) is 23.2 Å². The molecule has 0 amide bonds. The van der Waals surface area contributed by atoms with Gasteiger partial charge < -0.3 is 15.2 Å². The predicted molar refractivity (Wildman–Crippen MR) is 103 cm³/mol. The minimum absolute atomic E-state index is 0.0461. The lowest BCUT2D eigenvalue weighted by molar-refractivity contribution is -0.274. The fourth-order valence-electron chi connectivity index (χ4n) is 1.99. The van der Waals surface area contributed by atoms with Crippen molar-refractivity contribution in [3.8, 4) is 17.2 Å². The minimum Gasteiger partial charge on any atom is -0.456 e. The van der Waals surface area contributed by atoms with Crippen LogP contribution in [0.15, 0.2) is 55.1 Å².